The van der Waals surface area contributed by atoms with Gasteiger partial charge in [-0.3, -0.25) is 4.79 Å². The number of hydrogen-bond acceptors (Lipinski definition) is 3. The minimum Gasteiger partial charge on any atom is -0.357 e. The number of amides is 1. The average Bonchev–Trinajstić information content (AvgIpc) is 3.10. The molecule has 0 atom stereocenters. The predicted octanol–water partition coefficient (Wildman–Crippen LogP) is 3.15. The van der Waals surface area contributed by atoms with Gasteiger partial charge in [0.15, 0.2) is 5.96 Å². The smallest absolute Gasteiger partial charge is 0.251 e. The van der Waals surface area contributed by atoms with Gasteiger partial charge in [0.2, 0.25) is 0 Å². The van der Waals surface area contributed by atoms with Crippen LogP contribution in [0.5, 0.6) is 0 Å². The van der Waals surface area contributed by atoms with Gasteiger partial charge in [0.25, 0.3) is 5.91 Å². The van der Waals surface area contributed by atoms with Crippen molar-refractivity contribution in [3.8, 4) is 5.69 Å². The van der Waals surface area contributed by atoms with E-state index in [1.165, 1.54) is 0 Å². The van der Waals surface area contributed by atoms with E-state index in [1.807, 2.05) is 61.0 Å². The van der Waals surface area contributed by atoms with Gasteiger partial charge in [-0.1, -0.05) is 30.3 Å². The zero-order chi connectivity index (χ0) is 22.9. The van der Waals surface area contributed by atoms with Crippen LogP contribution in [-0.2, 0) is 13.0 Å². The molecule has 7 nitrogen and oxygen atoms in total. The number of guanidine groups is 1. The van der Waals surface area contributed by atoms with Crippen molar-refractivity contribution in [1.82, 2.24) is 25.7 Å². The molecule has 168 valence electrons. The Bertz CT molecular complexity index is 1070. The summed E-state index contributed by atoms with van der Waals surface area (Å²) in [6, 6.07) is 17.8. The number of rotatable bonds is 8. The van der Waals surface area contributed by atoms with Crippen LogP contribution < -0.4 is 16.0 Å². The van der Waals surface area contributed by atoms with Crippen molar-refractivity contribution in [1.29, 1.82) is 0 Å². The molecular weight excluding hydrogens is 400 g/mol. The Hall–Kier alpha value is -3.61. The van der Waals surface area contributed by atoms with Crippen molar-refractivity contribution >= 4 is 11.9 Å². The van der Waals surface area contributed by atoms with Gasteiger partial charge in [0.1, 0.15) is 0 Å². The summed E-state index contributed by atoms with van der Waals surface area (Å²) >= 11 is 0. The molecular formula is C25H32N6O. The maximum atomic E-state index is 11.8. The Balaban J connectivity index is 1.66. The summed E-state index contributed by atoms with van der Waals surface area (Å²) in [6.45, 7) is 8.19. The Morgan fingerprint density at radius 3 is 2.56 bits per heavy atom. The van der Waals surface area contributed by atoms with Crippen molar-refractivity contribution in [3.05, 3.63) is 82.7 Å². The monoisotopic (exact) mass is 432 g/mol. The van der Waals surface area contributed by atoms with Crippen molar-refractivity contribution in [2.45, 2.75) is 33.7 Å². The second-order valence-electron chi connectivity index (χ2n) is 7.55. The highest BCUT2D eigenvalue weighted by Crippen LogP contribution is 2.18. The highest BCUT2D eigenvalue weighted by atomic mass is 16.1. The fourth-order valence-electron chi connectivity index (χ4n) is 3.56. The lowest BCUT2D eigenvalue weighted by Gasteiger charge is -2.12. The Morgan fingerprint density at radius 1 is 1.06 bits per heavy atom. The molecule has 1 amide bonds. The van der Waals surface area contributed by atoms with Crippen LogP contribution in [0.3, 0.4) is 0 Å². The van der Waals surface area contributed by atoms with Crippen LogP contribution in [0.1, 0.15) is 39.8 Å². The number of para-hydroxylation sites is 1. The number of aryl methyl sites for hydroxylation is 1. The lowest BCUT2D eigenvalue weighted by molar-refractivity contribution is 0.0963. The topological polar surface area (TPSA) is 83.3 Å². The summed E-state index contributed by atoms with van der Waals surface area (Å²) in [5.41, 5.74) is 6.03. The minimum atomic E-state index is -0.0727. The maximum absolute atomic E-state index is 11.8. The predicted molar refractivity (Wildman–Crippen MR) is 129 cm³/mol. The molecule has 0 aliphatic heterocycles. The molecule has 0 radical (unpaired) electrons. The molecule has 7 heteroatoms. The third-order valence-electron chi connectivity index (χ3n) is 5.30. The summed E-state index contributed by atoms with van der Waals surface area (Å²) in [5, 5.41) is 14.1. The number of nitrogens with zero attached hydrogens (tertiary/aromatic N) is 3. The van der Waals surface area contributed by atoms with Gasteiger partial charge in [-0.15, -0.1) is 0 Å². The average molecular weight is 433 g/mol. The lowest BCUT2D eigenvalue weighted by Crippen LogP contribution is -2.38. The number of carbonyl (C=O) groups excluding carboxylic acids is 1. The van der Waals surface area contributed by atoms with E-state index in [9.17, 15) is 4.79 Å². The lowest BCUT2D eigenvalue weighted by atomic mass is 10.1. The number of hydrogen-bond donors (Lipinski definition) is 3. The van der Waals surface area contributed by atoms with E-state index < -0.39 is 0 Å². The summed E-state index contributed by atoms with van der Waals surface area (Å²) in [5.74, 6) is 0.692. The zero-order valence-corrected chi connectivity index (χ0v) is 19.3. The second kappa shape index (κ2) is 11.1. The normalized spacial score (nSPS) is 11.3. The van der Waals surface area contributed by atoms with E-state index in [0.29, 0.717) is 18.7 Å². The highest BCUT2D eigenvalue weighted by Gasteiger charge is 2.12. The van der Waals surface area contributed by atoms with E-state index in [2.05, 4.69) is 35.0 Å². The molecule has 0 saturated heterocycles. The largest absolute Gasteiger partial charge is 0.357 e. The standard InChI is InChI=1S/C25H32N6O/c1-5-27-25(28-15-14-20-10-9-11-21(16-20)24(32)26-4)29-17-23-18(2)30-31(19(23)3)22-12-7-6-8-13-22/h6-13,16H,5,14-15,17H2,1-4H3,(H,26,32)(H2,27,28,29). The number of nitrogens with one attached hydrogen (secondary N) is 3. The molecule has 0 fully saturated rings. The first-order chi connectivity index (χ1) is 15.5. The fourth-order valence-corrected chi connectivity index (χ4v) is 3.56. The highest BCUT2D eigenvalue weighted by molar-refractivity contribution is 5.94. The first kappa shape index (κ1) is 23.1. The second-order valence-corrected chi connectivity index (χ2v) is 7.55. The Kier molecular flexibility index (Phi) is 8.02. The van der Waals surface area contributed by atoms with Crippen LogP contribution in [-0.4, -0.2) is 41.8 Å². The van der Waals surface area contributed by atoms with Gasteiger partial charge >= 0.3 is 0 Å². The van der Waals surface area contributed by atoms with Crippen LogP contribution in [0.2, 0.25) is 0 Å². The molecule has 0 aliphatic rings. The van der Waals surface area contributed by atoms with E-state index in [0.717, 1.165) is 47.1 Å². The summed E-state index contributed by atoms with van der Waals surface area (Å²) < 4.78 is 1.97. The summed E-state index contributed by atoms with van der Waals surface area (Å²) in [6.07, 6.45) is 0.791. The van der Waals surface area contributed by atoms with Crippen LogP contribution >= 0.6 is 0 Å². The van der Waals surface area contributed by atoms with Crippen LogP contribution in [0.15, 0.2) is 59.6 Å². The first-order valence-corrected chi connectivity index (χ1v) is 11.0. The van der Waals surface area contributed by atoms with E-state index in [4.69, 9.17) is 10.1 Å². The SMILES string of the molecule is CCNC(=NCc1c(C)nn(-c2ccccc2)c1C)NCCc1cccc(C(=O)NC)c1. The molecule has 1 aromatic heterocycles. The van der Waals surface area contributed by atoms with Gasteiger partial charge in [0.05, 0.1) is 17.9 Å². The molecule has 0 unspecified atom stereocenters. The van der Waals surface area contributed by atoms with Crippen LogP contribution in [0, 0.1) is 13.8 Å². The minimum absolute atomic E-state index is 0.0727. The number of aliphatic imine (C=N–C) groups is 1. The number of benzene rings is 2. The fraction of sp³-hybridized carbons (Fsp3) is 0.320. The molecule has 0 saturated carbocycles. The number of aromatic nitrogens is 2. The molecule has 3 rings (SSSR count). The summed E-state index contributed by atoms with van der Waals surface area (Å²) in [7, 11) is 1.64. The third-order valence-corrected chi connectivity index (χ3v) is 5.30. The van der Waals surface area contributed by atoms with Gasteiger partial charge in [-0.25, -0.2) is 9.67 Å². The van der Waals surface area contributed by atoms with Crippen molar-refractivity contribution in [2.24, 2.45) is 4.99 Å². The maximum Gasteiger partial charge on any atom is 0.251 e. The van der Waals surface area contributed by atoms with E-state index in [-0.39, 0.29) is 5.91 Å². The molecule has 3 aromatic rings. The van der Waals surface area contributed by atoms with Crippen molar-refractivity contribution in [3.63, 3.8) is 0 Å². The van der Waals surface area contributed by atoms with Gasteiger partial charge in [0, 0.05) is 37.0 Å². The zero-order valence-electron chi connectivity index (χ0n) is 19.3. The van der Waals surface area contributed by atoms with Crippen LogP contribution in [0.25, 0.3) is 5.69 Å². The molecule has 32 heavy (non-hydrogen) atoms. The Labute approximate surface area is 190 Å². The third kappa shape index (κ3) is 5.75. The molecule has 1 heterocycles. The van der Waals surface area contributed by atoms with Crippen molar-refractivity contribution < 1.29 is 4.79 Å². The first-order valence-electron chi connectivity index (χ1n) is 11.0. The van der Waals surface area contributed by atoms with Gasteiger partial charge in [-0.2, -0.15) is 5.10 Å². The molecule has 3 N–H and O–H groups in total. The quantitative estimate of drug-likeness (QED) is 0.377. The summed E-state index contributed by atoms with van der Waals surface area (Å²) in [4.78, 5) is 16.6. The molecule has 0 aliphatic carbocycles. The number of carbonyl (C=O) groups is 1. The van der Waals surface area contributed by atoms with E-state index >= 15 is 0 Å². The van der Waals surface area contributed by atoms with E-state index in [1.54, 1.807) is 7.05 Å². The Morgan fingerprint density at radius 2 is 1.84 bits per heavy atom. The van der Waals surface area contributed by atoms with Crippen molar-refractivity contribution in [2.75, 3.05) is 20.1 Å². The van der Waals surface area contributed by atoms with Gasteiger partial charge < -0.3 is 16.0 Å². The molecule has 2 aromatic carbocycles. The molecule has 0 bridgehead atoms. The van der Waals surface area contributed by atoms with Crippen LogP contribution in [0.4, 0.5) is 0 Å². The van der Waals surface area contributed by atoms with Gasteiger partial charge in [-0.05, 0) is 57.0 Å². The molecule has 0 spiro atoms.